The Balaban J connectivity index is 2.10. The van der Waals surface area contributed by atoms with Crippen LogP contribution in [0.25, 0.3) is 0 Å². The van der Waals surface area contributed by atoms with Crippen LogP contribution in [0.4, 0.5) is 0 Å². The van der Waals surface area contributed by atoms with E-state index in [2.05, 4.69) is 0 Å². The summed E-state index contributed by atoms with van der Waals surface area (Å²) in [7, 11) is 5.01. The van der Waals surface area contributed by atoms with E-state index in [0.29, 0.717) is 18.0 Å². The Hall–Kier alpha value is -2.18. The summed E-state index contributed by atoms with van der Waals surface area (Å²) < 4.78 is 10.7. The summed E-state index contributed by atoms with van der Waals surface area (Å²) in [5.74, 6) is 1.34. The van der Waals surface area contributed by atoms with Crippen LogP contribution < -0.4 is 15.2 Å². The van der Waals surface area contributed by atoms with Crippen LogP contribution >= 0.6 is 11.8 Å². The largest absolute Gasteiger partial charge is 0.493 e. The van der Waals surface area contributed by atoms with Crippen molar-refractivity contribution < 1.29 is 14.3 Å². The van der Waals surface area contributed by atoms with Crippen molar-refractivity contribution in [2.24, 2.45) is 5.73 Å². The van der Waals surface area contributed by atoms with Gasteiger partial charge in [0.2, 0.25) is 5.91 Å². The predicted octanol–water partition coefficient (Wildman–Crippen LogP) is 3.47. The fraction of sp³-hybridized carbons (Fsp3) is 0.350. The molecule has 1 atom stereocenters. The van der Waals surface area contributed by atoms with Gasteiger partial charge in [-0.05, 0) is 29.5 Å². The van der Waals surface area contributed by atoms with Gasteiger partial charge in [-0.1, -0.05) is 30.3 Å². The lowest BCUT2D eigenvalue weighted by Gasteiger charge is -2.22. The number of carbonyl (C=O) groups excluding carboxylic acids is 1. The SMILES string of the molecule is COc1cc(CN(C)C(=O)CC(N)c2ccccc2)c(SC)cc1OC. The number of hydrogen-bond acceptors (Lipinski definition) is 5. The smallest absolute Gasteiger partial charge is 0.224 e. The van der Waals surface area contributed by atoms with Crippen LogP contribution in [-0.2, 0) is 11.3 Å². The third-order valence-electron chi connectivity index (χ3n) is 4.24. The summed E-state index contributed by atoms with van der Waals surface area (Å²) in [5, 5.41) is 0. The summed E-state index contributed by atoms with van der Waals surface area (Å²) in [5.41, 5.74) is 8.15. The zero-order chi connectivity index (χ0) is 19.1. The van der Waals surface area contributed by atoms with E-state index in [9.17, 15) is 4.79 Å². The van der Waals surface area contributed by atoms with Crippen LogP contribution in [0.1, 0.15) is 23.6 Å². The van der Waals surface area contributed by atoms with E-state index in [-0.39, 0.29) is 18.4 Å². The van der Waals surface area contributed by atoms with Crippen LogP contribution in [0.3, 0.4) is 0 Å². The Kier molecular flexibility index (Phi) is 7.36. The first-order chi connectivity index (χ1) is 12.5. The molecule has 0 aliphatic rings. The van der Waals surface area contributed by atoms with Crippen molar-refractivity contribution in [3.05, 3.63) is 53.6 Å². The summed E-state index contributed by atoms with van der Waals surface area (Å²) in [6, 6.07) is 13.2. The normalized spacial score (nSPS) is 11.7. The number of ether oxygens (including phenoxy) is 2. The number of nitrogens with two attached hydrogens (primary N) is 1. The minimum atomic E-state index is -0.309. The second-order valence-corrected chi connectivity index (χ2v) is 6.84. The van der Waals surface area contributed by atoms with Crippen molar-refractivity contribution in [1.29, 1.82) is 0 Å². The fourth-order valence-electron chi connectivity index (χ4n) is 2.72. The molecule has 2 rings (SSSR count). The second kappa shape index (κ2) is 9.50. The number of benzene rings is 2. The second-order valence-electron chi connectivity index (χ2n) is 5.99. The van der Waals surface area contributed by atoms with Gasteiger partial charge in [0.15, 0.2) is 11.5 Å². The fourth-order valence-corrected chi connectivity index (χ4v) is 3.33. The van der Waals surface area contributed by atoms with Gasteiger partial charge in [0.05, 0.1) is 14.2 Å². The summed E-state index contributed by atoms with van der Waals surface area (Å²) in [6.07, 6.45) is 2.26. The van der Waals surface area contributed by atoms with Gasteiger partial charge in [-0.15, -0.1) is 11.8 Å². The highest BCUT2D eigenvalue weighted by atomic mass is 32.2. The summed E-state index contributed by atoms with van der Waals surface area (Å²) >= 11 is 1.61. The van der Waals surface area contributed by atoms with Gasteiger partial charge >= 0.3 is 0 Å². The molecule has 0 bridgehead atoms. The topological polar surface area (TPSA) is 64.8 Å². The molecule has 0 aliphatic carbocycles. The third kappa shape index (κ3) is 4.93. The number of amides is 1. The van der Waals surface area contributed by atoms with Gasteiger partial charge < -0.3 is 20.1 Å². The zero-order valence-electron chi connectivity index (χ0n) is 15.7. The Bertz CT molecular complexity index is 737. The van der Waals surface area contributed by atoms with E-state index in [1.807, 2.05) is 48.7 Å². The Morgan fingerprint density at radius 2 is 1.77 bits per heavy atom. The first-order valence-electron chi connectivity index (χ1n) is 8.33. The number of hydrogen-bond donors (Lipinski definition) is 1. The predicted molar refractivity (Wildman–Crippen MR) is 106 cm³/mol. The Morgan fingerprint density at radius 1 is 1.15 bits per heavy atom. The lowest BCUT2D eigenvalue weighted by Crippen LogP contribution is -2.29. The van der Waals surface area contributed by atoms with Gasteiger partial charge in [-0.2, -0.15) is 0 Å². The van der Waals surface area contributed by atoms with E-state index in [4.69, 9.17) is 15.2 Å². The number of methoxy groups -OCH3 is 2. The zero-order valence-corrected chi connectivity index (χ0v) is 16.5. The molecular formula is C20H26N2O3S. The van der Waals surface area contributed by atoms with Crippen LogP contribution in [0.5, 0.6) is 11.5 Å². The van der Waals surface area contributed by atoms with Crippen LogP contribution in [-0.4, -0.2) is 38.3 Å². The monoisotopic (exact) mass is 374 g/mol. The van der Waals surface area contributed by atoms with Crippen LogP contribution in [0.15, 0.2) is 47.4 Å². The molecule has 0 saturated carbocycles. The molecule has 2 aromatic carbocycles. The van der Waals surface area contributed by atoms with Gasteiger partial charge in [-0.25, -0.2) is 0 Å². The van der Waals surface area contributed by atoms with Crippen molar-refractivity contribution in [2.45, 2.75) is 23.9 Å². The highest BCUT2D eigenvalue weighted by molar-refractivity contribution is 7.98. The van der Waals surface area contributed by atoms with E-state index < -0.39 is 0 Å². The number of thioether (sulfide) groups is 1. The average molecular weight is 375 g/mol. The molecule has 6 heteroatoms. The van der Waals surface area contributed by atoms with Crippen LogP contribution in [0.2, 0.25) is 0 Å². The molecule has 26 heavy (non-hydrogen) atoms. The van der Waals surface area contributed by atoms with E-state index in [1.165, 1.54) is 0 Å². The van der Waals surface area contributed by atoms with Crippen molar-refractivity contribution in [3.63, 3.8) is 0 Å². The number of carbonyl (C=O) groups is 1. The maximum Gasteiger partial charge on any atom is 0.224 e. The lowest BCUT2D eigenvalue weighted by molar-refractivity contribution is -0.130. The van der Waals surface area contributed by atoms with E-state index in [0.717, 1.165) is 16.0 Å². The van der Waals surface area contributed by atoms with Gasteiger partial charge in [0.25, 0.3) is 0 Å². The molecule has 1 amide bonds. The first-order valence-corrected chi connectivity index (χ1v) is 9.56. The minimum absolute atomic E-state index is 0.00295. The average Bonchev–Trinajstić information content (AvgIpc) is 2.67. The summed E-state index contributed by atoms with van der Waals surface area (Å²) in [4.78, 5) is 15.3. The van der Waals surface area contributed by atoms with Gasteiger partial charge in [0, 0.05) is 31.0 Å². The molecule has 0 radical (unpaired) electrons. The highest BCUT2D eigenvalue weighted by Crippen LogP contribution is 2.35. The van der Waals surface area contributed by atoms with Crippen molar-refractivity contribution >= 4 is 17.7 Å². The highest BCUT2D eigenvalue weighted by Gasteiger charge is 2.18. The van der Waals surface area contributed by atoms with E-state index >= 15 is 0 Å². The maximum absolute atomic E-state index is 12.6. The molecule has 2 N–H and O–H groups in total. The van der Waals surface area contributed by atoms with Gasteiger partial charge in [-0.3, -0.25) is 4.79 Å². The molecule has 1 unspecified atom stereocenters. The summed E-state index contributed by atoms with van der Waals surface area (Å²) in [6.45, 7) is 0.483. The molecule has 0 aromatic heterocycles. The van der Waals surface area contributed by atoms with Crippen LogP contribution in [0, 0.1) is 0 Å². The molecule has 0 heterocycles. The number of rotatable bonds is 8. The molecule has 140 valence electrons. The Morgan fingerprint density at radius 3 is 2.35 bits per heavy atom. The van der Waals surface area contributed by atoms with Crippen molar-refractivity contribution in [2.75, 3.05) is 27.5 Å². The molecule has 0 saturated heterocycles. The van der Waals surface area contributed by atoms with Gasteiger partial charge in [0.1, 0.15) is 0 Å². The molecular weight excluding hydrogens is 348 g/mol. The lowest BCUT2D eigenvalue weighted by atomic mass is 10.0. The standard InChI is InChI=1S/C20H26N2O3S/c1-22(20(23)11-16(21)14-8-6-5-7-9-14)13-15-10-17(24-2)18(25-3)12-19(15)26-4/h5-10,12,16H,11,13,21H2,1-4H3. The van der Waals surface area contributed by atoms with Crippen molar-refractivity contribution in [1.82, 2.24) is 4.90 Å². The molecule has 0 aliphatic heterocycles. The molecule has 5 nitrogen and oxygen atoms in total. The minimum Gasteiger partial charge on any atom is -0.493 e. The third-order valence-corrected chi connectivity index (χ3v) is 5.06. The maximum atomic E-state index is 12.6. The number of nitrogens with zero attached hydrogens (tertiary/aromatic N) is 1. The first kappa shape index (κ1) is 20.1. The molecule has 2 aromatic rings. The molecule has 0 fully saturated rings. The molecule has 0 spiro atoms. The Labute approximate surface area is 159 Å². The van der Waals surface area contributed by atoms with Crippen molar-refractivity contribution in [3.8, 4) is 11.5 Å². The van der Waals surface area contributed by atoms with E-state index in [1.54, 1.807) is 37.9 Å². The quantitative estimate of drug-likeness (QED) is 0.717.